The van der Waals surface area contributed by atoms with Crippen molar-refractivity contribution in [1.82, 2.24) is 0 Å². The van der Waals surface area contributed by atoms with Gasteiger partial charge in [-0.05, 0) is 25.2 Å². The van der Waals surface area contributed by atoms with E-state index in [-0.39, 0.29) is 5.41 Å². The van der Waals surface area contributed by atoms with E-state index in [9.17, 15) is 0 Å². The van der Waals surface area contributed by atoms with Gasteiger partial charge in [-0.2, -0.15) is 5.26 Å². The Bertz CT molecular complexity index is 215. The van der Waals surface area contributed by atoms with Crippen LogP contribution in [0.1, 0.15) is 33.6 Å². The van der Waals surface area contributed by atoms with E-state index in [1.54, 1.807) is 0 Å². The van der Waals surface area contributed by atoms with Crippen LogP contribution in [0.3, 0.4) is 0 Å². The molecule has 0 aromatic carbocycles. The highest BCUT2D eigenvalue weighted by atomic mass is 14.4. The Kier molecular flexibility index (Phi) is 1.56. The van der Waals surface area contributed by atoms with Crippen LogP contribution in [-0.2, 0) is 0 Å². The first-order chi connectivity index (χ1) is 4.58. The van der Waals surface area contributed by atoms with Crippen molar-refractivity contribution in [3.63, 3.8) is 0 Å². The lowest BCUT2D eigenvalue weighted by Crippen LogP contribution is -2.08. The predicted octanol–water partition coefficient (Wildman–Crippen LogP) is 2.65. The van der Waals surface area contributed by atoms with Crippen molar-refractivity contribution in [1.29, 1.82) is 5.26 Å². The van der Waals surface area contributed by atoms with E-state index in [0.29, 0.717) is 0 Å². The van der Waals surface area contributed by atoms with Crippen molar-refractivity contribution >= 4 is 0 Å². The summed E-state index contributed by atoms with van der Waals surface area (Å²) in [7, 11) is 0. The molecule has 0 saturated heterocycles. The monoisotopic (exact) mass is 135 g/mol. The molecule has 1 aliphatic carbocycles. The predicted molar refractivity (Wildman–Crippen MR) is 41.3 cm³/mol. The van der Waals surface area contributed by atoms with Crippen LogP contribution >= 0.6 is 0 Å². The van der Waals surface area contributed by atoms with Crippen LogP contribution in [0.5, 0.6) is 0 Å². The molecule has 0 N–H and O–H groups in total. The zero-order chi connectivity index (χ0) is 7.78. The third kappa shape index (κ3) is 0.945. The van der Waals surface area contributed by atoms with E-state index in [0.717, 1.165) is 18.4 Å². The van der Waals surface area contributed by atoms with Gasteiger partial charge in [0, 0.05) is 5.57 Å². The zero-order valence-corrected chi connectivity index (χ0v) is 6.86. The van der Waals surface area contributed by atoms with Crippen molar-refractivity contribution < 1.29 is 0 Å². The summed E-state index contributed by atoms with van der Waals surface area (Å²) in [5.74, 6) is 0. The fourth-order valence-corrected chi connectivity index (χ4v) is 1.57. The average molecular weight is 135 g/mol. The second-order valence-electron chi connectivity index (χ2n) is 3.65. The van der Waals surface area contributed by atoms with Gasteiger partial charge in [0.15, 0.2) is 0 Å². The van der Waals surface area contributed by atoms with Crippen LogP contribution in [0, 0.1) is 16.7 Å². The molecule has 0 amide bonds. The minimum absolute atomic E-state index is 0.152. The van der Waals surface area contributed by atoms with Gasteiger partial charge >= 0.3 is 0 Å². The summed E-state index contributed by atoms with van der Waals surface area (Å²) in [4.78, 5) is 0. The van der Waals surface area contributed by atoms with Crippen LogP contribution < -0.4 is 0 Å². The number of hydrogen-bond donors (Lipinski definition) is 0. The maximum absolute atomic E-state index is 8.76. The van der Waals surface area contributed by atoms with E-state index in [4.69, 9.17) is 5.26 Å². The topological polar surface area (TPSA) is 23.8 Å². The smallest absolute Gasteiger partial charge is 0.0952 e. The highest BCUT2D eigenvalue weighted by Gasteiger charge is 2.30. The van der Waals surface area contributed by atoms with Gasteiger partial charge in [0.05, 0.1) is 6.07 Å². The van der Waals surface area contributed by atoms with Crippen molar-refractivity contribution in [2.75, 3.05) is 0 Å². The van der Waals surface area contributed by atoms with Crippen LogP contribution in [0.15, 0.2) is 11.1 Å². The molecule has 0 saturated carbocycles. The molecule has 0 heterocycles. The minimum atomic E-state index is 0.152. The van der Waals surface area contributed by atoms with Crippen molar-refractivity contribution in [3.05, 3.63) is 11.1 Å². The molecular weight excluding hydrogens is 122 g/mol. The van der Waals surface area contributed by atoms with Gasteiger partial charge in [-0.15, -0.1) is 0 Å². The SMILES string of the molecule is CC1=C(C#N)C(C)(C)CC1. The quantitative estimate of drug-likeness (QED) is 0.501. The molecule has 0 unspecified atom stereocenters. The third-order valence-corrected chi connectivity index (χ3v) is 2.34. The highest BCUT2D eigenvalue weighted by molar-refractivity contribution is 5.36. The van der Waals surface area contributed by atoms with Gasteiger partial charge in [-0.25, -0.2) is 0 Å². The average Bonchev–Trinajstić information content (AvgIpc) is 2.07. The summed E-state index contributed by atoms with van der Waals surface area (Å²) in [5, 5.41) is 8.76. The zero-order valence-electron chi connectivity index (χ0n) is 6.86. The van der Waals surface area contributed by atoms with E-state index in [2.05, 4.69) is 26.8 Å². The number of nitriles is 1. The normalized spacial score (nSPS) is 23.0. The van der Waals surface area contributed by atoms with Gasteiger partial charge in [-0.3, -0.25) is 0 Å². The summed E-state index contributed by atoms with van der Waals surface area (Å²) in [5.41, 5.74) is 2.44. The standard InChI is InChI=1S/C9H13N/c1-7-4-5-9(2,3)8(7)6-10/h4-5H2,1-3H3. The highest BCUT2D eigenvalue weighted by Crippen LogP contribution is 2.41. The minimum Gasteiger partial charge on any atom is -0.193 e. The first kappa shape index (κ1) is 7.34. The number of hydrogen-bond acceptors (Lipinski definition) is 1. The summed E-state index contributed by atoms with van der Waals surface area (Å²) in [6.45, 7) is 6.34. The second-order valence-corrected chi connectivity index (χ2v) is 3.65. The molecule has 1 heteroatoms. The molecule has 0 atom stereocenters. The van der Waals surface area contributed by atoms with Crippen LogP contribution in [-0.4, -0.2) is 0 Å². The number of allylic oxidation sites excluding steroid dienone is 2. The van der Waals surface area contributed by atoms with Crippen molar-refractivity contribution in [2.45, 2.75) is 33.6 Å². The van der Waals surface area contributed by atoms with Gasteiger partial charge in [0.1, 0.15) is 0 Å². The first-order valence-electron chi connectivity index (χ1n) is 3.68. The van der Waals surface area contributed by atoms with Crippen LogP contribution in [0.4, 0.5) is 0 Å². The Labute approximate surface area is 62.4 Å². The molecule has 0 aromatic heterocycles. The van der Waals surface area contributed by atoms with Gasteiger partial charge in [-0.1, -0.05) is 19.4 Å². The van der Waals surface area contributed by atoms with Gasteiger partial charge < -0.3 is 0 Å². The van der Waals surface area contributed by atoms with E-state index < -0.39 is 0 Å². The lowest BCUT2D eigenvalue weighted by Gasteiger charge is -2.16. The van der Waals surface area contributed by atoms with Crippen molar-refractivity contribution in [2.24, 2.45) is 5.41 Å². The fourth-order valence-electron chi connectivity index (χ4n) is 1.57. The Hall–Kier alpha value is -0.770. The lowest BCUT2D eigenvalue weighted by atomic mass is 9.86. The summed E-state index contributed by atoms with van der Waals surface area (Å²) >= 11 is 0. The molecule has 0 radical (unpaired) electrons. The van der Waals surface area contributed by atoms with Crippen LogP contribution in [0.25, 0.3) is 0 Å². The molecule has 0 bridgehead atoms. The lowest BCUT2D eigenvalue weighted by molar-refractivity contribution is 0.453. The maximum atomic E-state index is 8.76. The van der Waals surface area contributed by atoms with Gasteiger partial charge in [0.25, 0.3) is 0 Å². The number of nitrogens with zero attached hydrogens (tertiary/aromatic N) is 1. The molecule has 10 heavy (non-hydrogen) atoms. The fraction of sp³-hybridized carbons (Fsp3) is 0.667. The third-order valence-electron chi connectivity index (χ3n) is 2.34. The molecule has 0 spiro atoms. The Morgan fingerprint density at radius 3 is 2.30 bits per heavy atom. The van der Waals surface area contributed by atoms with E-state index >= 15 is 0 Å². The molecular formula is C9H13N. The molecule has 0 fully saturated rings. The van der Waals surface area contributed by atoms with Crippen molar-refractivity contribution in [3.8, 4) is 6.07 Å². The summed E-state index contributed by atoms with van der Waals surface area (Å²) in [6, 6.07) is 2.28. The summed E-state index contributed by atoms with van der Waals surface area (Å²) in [6.07, 6.45) is 2.25. The van der Waals surface area contributed by atoms with Gasteiger partial charge in [0.2, 0.25) is 0 Å². The molecule has 1 aliphatic rings. The Balaban J connectivity index is 3.01. The Morgan fingerprint density at radius 1 is 1.50 bits per heavy atom. The van der Waals surface area contributed by atoms with E-state index in [1.807, 2.05) is 0 Å². The second kappa shape index (κ2) is 2.12. The molecule has 1 rings (SSSR count). The molecule has 54 valence electrons. The number of rotatable bonds is 0. The molecule has 0 aromatic rings. The molecule has 0 aliphatic heterocycles. The molecule has 1 nitrogen and oxygen atoms in total. The summed E-state index contributed by atoms with van der Waals surface area (Å²) < 4.78 is 0. The Morgan fingerprint density at radius 2 is 2.10 bits per heavy atom. The van der Waals surface area contributed by atoms with E-state index in [1.165, 1.54) is 5.57 Å². The van der Waals surface area contributed by atoms with Crippen LogP contribution in [0.2, 0.25) is 0 Å². The largest absolute Gasteiger partial charge is 0.193 e. The first-order valence-corrected chi connectivity index (χ1v) is 3.68. The maximum Gasteiger partial charge on any atom is 0.0952 e.